The van der Waals surface area contributed by atoms with E-state index in [4.69, 9.17) is 0 Å². The van der Waals surface area contributed by atoms with Gasteiger partial charge in [0.25, 0.3) is 0 Å². The van der Waals surface area contributed by atoms with Crippen LogP contribution in [0.2, 0.25) is 0 Å². The quantitative estimate of drug-likeness (QED) is 0.880. The van der Waals surface area contributed by atoms with E-state index in [2.05, 4.69) is 60.7 Å². The number of nitrogens with zero attached hydrogens (tertiary/aromatic N) is 2. The molecule has 2 aliphatic rings. The lowest BCUT2D eigenvalue weighted by molar-refractivity contribution is -0.124. The van der Waals surface area contributed by atoms with Gasteiger partial charge in [-0.3, -0.25) is 9.48 Å². The van der Waals surface area contributed by atoms with Crippen LogP contribution in [0.4, 0.5) is 0 Å². The maximum Gasteiger partial charge on any atom is 0.222 e. The minimum atomic E-state index is 0.0818. The number of carbonyl (C=O) groups excluding carboxylic acids is 1. The second kappa shape index (κ2) is 6.90. The lowest BCUT2D eigenvalue weighted by Crippen LogP contribution is -2.56. The van der Waals surface area contributed by atoms with Crippen LogP contribution in [0.3, 0.4) is 0 Å². The third kappa shape index (κ3) is 3.06. The molecule has 1 N–H and O–H groups in total. The van der Waals surface area contributed by atoms with Crippen LogP contribution < -0.4 is 5.32 Å². The van der Waals surface area contributed by atoms with Gasteiger partial charge in [0.05, 0.1) is 11.7 Å². The lowest BCUT2D eigenvalue weighted by Gasteiger charge is -2.50. The summed E-state index contributed by atoms with van der Waals surface area (Å²) in [5, 5.41) is 7.91. The first-order valence-corrected chi connectivity index (χ1v) is 9.91. The first-order valence-electron chi connectivity index (χ1n) is 9.91. The summed E-state index contributed by atoms with van der Waals surface area (Å²) in [4.78, 5) is 12.8. The van der Waals surface area contributed by atoms with Gasteiger partial charge in [-0.1, -0.05) is 36.8 Å². The zero-order valence-electron chi connectivity index (χ0n) is 16.0. The highest BCUT2D eigenvalue weighted by atomic mass is 16.1. The molecule has 1 heterocycles. The number of hydrogen-bond donors (Lipinski definition) is 1. The maximum absolute atomic E-state index is 12.8. The fourth-order valence-electron chi connectivity index (χ4n) is 5.31. The van der Waals surface area contributed by atoms with E-state index in [1.54, 1.807) is 0 Å². The van der Waals surface area contributed by atoms with Crippen LogP contribution in [-0.2, 0) is 4.79 Å². The summed E-state index contributed by atoms with van der Waals surface area (Å²) in [6.07, 6.45) is 4.34. The Morgan fingerprint density at radius 1 is 1.23 bits per heavy atom. The average Bonchev–Trinajstić information content (AvgIpc) is 3.17. The van der Waals surface area contributed by atoms with Gasteiger partial charge in [-0.15, -0.1) is 0 Å². The number of carbonyl (C=O) groups is 1. The van der Waals surface area contributed by atoms with Gasteiger partial charge in [-0.2, -0.15) is 5.10 Å². The highest BCUT2D eigenvalue weighted by Crippen LogP contribution is 2.55. The summed E-state index contributed by atoms with van der Waals surface area (Å²) in [6.45, 7) is 6.12. The van der Waals surface area contributed by atoms with Gasteiger partial charge in [0.1, 0.15) is 0 Å². The zero-order chi connectivity index (χ0) is 18.3. The molecule has 2 aromatic rings. The average molecular weight is 351 g/mol. The Morgan fingerprint density at radius 2 is 1.96 bits per heavy atom. The molecule has 0 unspecified atom stereocenters. The van der Waals surface area contributed by atoms with E-state index in [-0.39, 0.29) is 11.9 Å². The molecule has 2 aliphatic carbocycles. The molecule has 26 heavy (non-hydrogen) atoms. The molecule has 4 nitrogen and oxygen atoms in total. The molecule has 1 amide bonds. The number of hydrogen-bond acceptors (Lipinski definition) is 2. The Balaban J connectivity index is 1.43. The summed E-state index contributed by atoms with van der Waals surface area (Å²) in [5.41, 5.74) is 3.50. The normalized spacial score (nSPS) is 28.3. The van der Waals surface area contributed by atoms with E-state index >= 15 is 0 Å². The molecule has 0 radical (unpaired) electrons. The zero-order valence-corrected chi connectivity index (χ0v) is 16.0. The molecular weight excluding hydrogens is 322 g/mol. The van der Waals surface area contributed by atoms with Gasteiger partial charge in [0, 0.05) is 24.1 Å². The number of aromatic nitrogens is 2. The molecule has 1 aromatic carbocycles. The van der Waals surface area contributed by atoms with Crippen LogP contribution in [0.15, 0.2) is 36.4 Å². The predicted octanol–water partition coefficient (Wildman–Crippen LogP) is 4.15. The Labute approximate surface area is 156 Å². The Hall–Kier alpha value is -2.10. The molecule has 4 rings (SSSR count). The molecule has 5 atom stereocenters. The molecule has 0 aliphatic heterocycles. The number of aryl methyl sites for hydroxylation is 2. The monoisotopic (exact) mass is 351 g/mol. The van der Waals surface area contributed by atoms with Crippen molar-refractivity contribution in [1.29, 1.82) is 0 Å². The summed E-state index contributed by atoms with van der Waals surface area (Å²) >= 11 is 0. The third-order valence-electron chi connectivity index (χ3n) is 6.39. The van der Waals surface area contributed by atoms with E-state index in [1.807, 2.05) is 11.6 Å². The number of nitrogens with one attached hydrogen (secondary N) is 1. The minimum absolute atomic E-state index is 0.0818. The van der Waals surface area contributed by atoms with Crippen molar-refractivity contribution in [2.45, 2.75) is 64.5 Å². The van der Waals surface area contributed by atoms with Crippen LogP contribution in [0.1, 0.15) is 61.5 Å². The van der Waals surface area contributed by atoms with Crippen LogP contribution in [0.5, 0.6) is 0 Å². The van der Waals surface area contributed by atoms with Crippen molar-refractivity contribution in [3.63, 3.8) is 0 Å². The lowest BCUT2D eigenvalue weighted by atomic mass is 9.60. The van der Waals surface area contributed by atoms with Gasteiger partial charge in [-0.25, -0.2) is 0 Å². The summed E-state index contributed by atoms with van der Waals surface area (Å²) in [6, 6.07) is 13.2. The number of amides is 1. The van der Waals surface area contributed by atoms with Gasteiger partial charge in [-0.05, 0) is 57.1 Å². The molecule has 1 aromatic heterocycles. The predicted molar refractivity (Wildman–Crippen MR) is 103 cm³/mol. The number of rotatable bonds is 5. The first-order chi connectivity index (χ1) is 12.5. The molecule has 0 bridgehead atoms. The molecule has 2 saturated carbocycles. The highest BCUT2D eigenvalue weighted by Gasteiger charge is 2.53. The smallest absolute Gasteiger partial charge is 0.222 e. The number of benzene rings is 1. The van der Waals surface area contributed by atoms with Crippen molar-refractivity contribution in [2.24, 2.45) is 11.8 Å². The van der Waals surface area contributed by atoms with Crippen LogP contribution in [0, 0.1) is 25.7 Å². The first kappa shape index (κ1) is 17.3. The van der Waals surface area contributed by atoms with Crippen molar-refractivity contribution in [2.75, 3.05) is 0 Å². The van der Waals surface area contributed by atoms with E-state index in [0.29, 0.717) is 24.3 Å². The van der Waals surface area contributed by atoms with Crippen molar-refractivity contribution in [3.05, 3.63) is 53.3 Å². The van der Waals surface area contributed by atoms with Gasteiger partial charge in [0.15, 0.2) is 0 Å². The van der Waals surface area contributed by atoms with Crippen LogP contribution in [0.25, 0.3) is 0 Å². The van der Waals surface area contributed by atoms with Crippen molar-refractivity contribution < 1.29 is 4.79 Å². The van der Waals surface area contributed by atoms with Gasteiger partial charge < -0.3 is 5.32 Å². The topological polar surface area (TPSA) is 46.9 Å². The summed E-state index contributed by atoms with van der Waals surface area (Å²) < 4.78 is 1.97. The molecule has 0 saturated heterocycles. The summed E-state index contributed by atoms with van der Waals surface area (Å²) in [7, 11) is 0. The van der Waals surface area contributed by atoms with Crippen molar-refractivity contribution in [1.82, 2.24) is 15.1 Å². The fraction of sp³-hybridized carbons (Fsp3) is 0.545. The fourth-order valence-corrected chi connectivity index (χ4v) is 5.31. The third-order valence-corrected chi connectivity index (χ3v) is 6.39. The Morgan fingerprint density at radius 3 is 2.65 bits per heavy atom. The van der Waals surface area contributed by atoms with E-state index in [0.717, 1.165) is 17.3 Å². The molecule has 138 valence electrons. The Bertz CT molecular complexity index is 782. The van der Waals surface area contributed by atoms with E-state index in [1.165, 1.54) is 24.8 Å². The van der Waals surface area contributed by atoms with Crippen molar-refractivity contribution in [3.8, 4) is 0 Å². The van der Waals surface area contributed by atoms with Crippen molar-refractivity contribution >= 4 is 5.91 Å². The van der Waals surface area contributed by atoms with Crippen LogP contribution >= 0.6 is 0 Å². The number of fused-ring (bicyclic) bond motifs is 1. The molecule has 2 fully saturated rings. The highest BCUT2D eigenvalue weighted by molar-refractivity contribution is 5.77. The molecular formula is C22H29N3O. The standard InChI is InChI=1S/C22H29N3O/c1-14-12-15(2)25(24-14)16(3)13-20(26)23-22-19-11-7-10-18(19)21(22)17-8-5-4-6-9-17/h4-6,8-9,12,16,18-19,21-22H,7,10-11,13H2,1-3H3,(H,23,26)/t16-,18-,19-,21-,22-/m1/s1. The maximum atomic E-state index is 12.8. The van der Waals surface area contributed by atoms with E-state index in [9.17, 15) is 4.79 Å². The summed E-state index contributed by atoms with van der Waals surface area (Å²) in [5.74, 6) is 2.04. The SMILES string of the molecule is Cc1cc(C)n([C@H](C)CC(=O)N[C@@H]2[C@@H]3CCC[C@H]3[C@H]2c2ccccc2)n1. The van der Waals surface area contributed by atoms with E-state index < -0.39 is 0 Å². The van der Waals surface area contributed by atoms with Gasteiger partial charge >= 0.3 is 0 Å². The second-order valence-electron chi connectivity index (χ2n) is 8.21. The van der Waals surface area contributed by atoms with Gasteiger partial charge in [0.2, 0.25) is 5.91 Å². The second-order valence-corrected chi connectivity index (χ2v) is 8.21. The van der Waals surface area contributed by atoms with Crippen LogP contribution in [-0.4, -0.2) is 21.7 Å². The molecule has 0 spiro atoms. The molecule has 4 heteroatoms. The largest absolute Gasteiger partial charge is 0.352 e. The Kier molecular flexibility index (Phi) is 4.60. The minimum Gasteiger partial charge on any atom is -0.352 e.